The minimum absolute atomic E-state index is 0.0984. The molecule has 3 heterocycles. The van der Waals surface area contributed by atoms with E-state index in [2.05, 4.69) is 30.4 Å². The number of hydrogen-bond donors (Lipinski definition) is 2. The lowest BCUT2D eigenvalue weighted by Gasteiger charge is -2.08. The summed E-state index contributed by atoms with van der Waals surface area (Å²) in [7, 11) is -1.65. The number of nitrogens with one attached hydrogen (secondary N) is 2. The van der Waals surface area contributed by atoms with Crippen molar-refractivity contribution in [2.45, 2.75) is 18.7 Å². The summed E-state index contributed by atoms with van der Waals surface area (Å²) in [6, 6.07) is 0.405. The first-order chi connectivity index (χ1) is 13.2. The second-order valence-corrected chi connectivity index (χ2v) is 7.13. The lowest BCUT2D eigenvalue weighted by atomic mass is 10.3. The molecule has 14 heteroatoms. The summed E-state index contributed by atoms with van der Waals surface area (Å²) < 4.78 is 38.2. The van der Waals surface area contributed by atoms with Gasteiger partial charge in [-0.3, -0.25) is 5.32 Å². The molecule has 148 valence electrons. The molecule has 0 bridgehead atoms. The van der Waals surface area contributed by atoms with E-state index < -0.39 is 16.1 Å². The van der Waals surface area contributed by atoms with Crippen LogP contribution in [0.2, 0.25) is 0 Å². The number of ether oxygens (including phenoxy) is 2. The van der Waals surface area contributed by atoms with Crippen molar-refractivity contribution in [2.75, 3.05) is 19.5 Å². The Morgan fingerprint density at radius 3 is 2.32 bits per heavy atom. The predicted octanol–water partition coefficient (Wildman–Crippen LogP) is 0.0587. The van der Waals surface area contributed by atoms with Gasteiger partial charge in [0.2, 0.25) is 5.95 Å². The number of sulfonamides is 1. The highest BCUT2D eigenvalue weighted by atomic mass is 32.2. The number of anilines is 1. The van der Waals surface area contributed by atoms with E-state index in [1.165, 1.54) is 18.7 Å². The highest BCUT2D eigenvalue weighted by Crippen LogP contribution is 2.17. The zero-order valence-corrected chi connectivity index (χ0v) is 16.1. The van der Waals surface area contributed by atoms with Crippen LogP contribution in [0, 0.1) is 13.8 Å². The molecule has 0 spiro atoms. The Bertz CT molecular complexity index is 1140. The monoisotopic (exact) mass is 408 g/mol. The molecule has 3 aromatic heterocycles. The Morgan fingerprint density at radius 1 is 1.07 bits per heavy atom. The van der Waals surface area contributed by atoms with E-state index in [1.807, 2.05) is 4.72 Å². The quantitative estimate of drug-likeness (QED) is 0.590. The van der Waals surface area contributed by atoms with Gasteiger partial charge in [-0.05, 0) is 19.9 Å². The highest BCUT2D eigenvalue weighted by Gasteiger charge is 2.24. The van der Waals surface area contributed by atoms with E-state index in [1.54, 1.807) is 19.9 Å². The van der Waals surface area contributed by atoms with Gasteiger partial charge in [-0.15, -0.1) is 4.98 Å². The number of rotatable bonds is 5. The molecule has 2 N–H and O–H groups in total. The number of amides is 2. The Balaban J connectivity index is 1.86. The largest absolute Gasteiger partial charge is 0.467 e. The van der Waals surface area contributed by atoms with Gasteiger partial charge in [0.25, 0.3) is 10.0 Å². The standard InChI is InChI=1S/C14H16N8O5S/c1-7-5-8(2)22-10(16-7)9(6-15-22)28(24,25)21-12(23)17-11-18-13(26-3)20-14(19-11)27-4/h5-6H,1-4H3,(H2,17,18,19,20,21,23). The molecule has 28 heavy (non-hydrogen) atoms. The van der Waals surface area contributed by atoms with Crippen LogP contribution in [0.15, 0.2) is 17.2 Å². The van der Waals surface area contributed by atoms with Crippen LogP contribution in [0.5, 0.6) is 12.0 Å². The molecule has 0 aliphatic carbocycles. The van der Waals surface area contributed by atoms with Gasteiger partial charge in [-0.1, -0.05) is 0 Å². The van der Waals surface area contributed by atoms with Crippen LogP contribution in [-0.2, 0) is 10.0 Å². The summed E-state index contributed by atoms with van der Waals surface area (Å²) in [5.74, 6) is -0.263. The maximum absolute atomic E-state index is 12.6. The number of nitrogens with zero attached hydrogens (tertiary/aromatic N) is 6. The summed E-state index contributed by atoms with van der Waals surface area (Å²) in [4.78, 5) is 27.4. The number of carbonyl (C=O) groups excluding carboxylic acids is 1. The number of methoxy groups -OCH3 is 2. The van der Waals surface area contributed by atoms with Crippen LogP contribution in [0.4, 0.5) is 10.7 Å². The fourth-order valence-electron chi connectivity index (χ4n) is 2.32. The first-order valence-electron chi connectivity index (χ1n) is 7.73. The van der Waals surface area contributed by atoms with Crippen molar-refractivity contribution < 1.29 is 22.7 Å². The topological polar surface area (TPSA) is 163 Å². The minimum atomic E-state index is -4.27. The zero-order chi connectivity index (χ0) is 20.5. The van der Waals surface area contributed by atoms with Crippen LogP contribution in [0.1, 0.15) is 11.4 Å². The van der Waals surface area contributed by atoms with Gasteiger partial charge in [0.1, 0.15) is 0 Å². The molecule has 0 aromatic carbocycles. The molecular weight excluding hydrogens is 392 g/mol. The Hall–Kier alpha value is -3.55. The van der Waals surface area contributed by atoms with Gasteiger partial charge in [-0.25, -0.2) is 27.4 Å². The van der Waals surface area contributed by atoms with E-state index >= 15 is 0 Å². The fraction of sp³-hybridized carbons (Fsp3) is 0.286. The predicted molar refractivity (Wildman–Crippen MR) is 94.7 cm³/mol. The molecule has 0 fully saturated rings. The molecule has 13 nitrogen and oxygen atoms in total. The second kappa shape index (κ2) is 7.22. The van der Waals surface area contributed by atoms with Gasteiger partial charge >= 0.3 is 18.1 Å². The van der Waals surface area contributed by atoms with Gasteiger partial charge < -0.3 is 9.47 Å². The number of hydrogen-bond acceptors (Lipinski definition) is 10. The molecule has 3 aromatic rings. The van der Waals surface area contributed by atoms with Gasteiger partial charge in [0.05, 0.1) is 20.4 Å². The lowest BCUT2D eigenvalue weighted by Crippen LogP contribution is -2.35. The third-order valence-corrected chi connectivity index (χ3v) is 4.77. The maximum Gasteiger partial charge on any atom is 0.335 e. The second-order valence-electron chi connectivity index (χ2n) is 5.48. The first-order valence-corrected chi connectivity index (χ1v) is 9.21. The summed E-state index contributed by atoms with van der Waals surface area (Å²) in [5, 5.41) is 6.18. The lowest BCUT2D eigenvalue weighted by molar-refractivity contribution is 0.256. The number of aryl methyl sites for hydroxylation is 2. The summed E-state index contributed by atoms with van der Waals surface area (Å²) in [5.41, 5.74) is 1.40. The molecule has 0 unspecified atom stereocenters. The molecule has 0 aliphatic rings. The maximum atomic E-state index is 12.6. The third-order valence-electron chi connectivity index (χ3n) is 3.45. The van der Waals surface area contributed by atoms with Gasteiger partial charge in [0.15, 0.2) is 10.5 Å². The van der Waals surface area contributed by atoms with E-state index in [4.69, 9.17) is 9.47 Å². The van der Waals surface area contributed by atoms with Crippen LogP contribution in [0.25, 0.3) is 5.65 Å². The molecule has 0 atom stereocenters. The molecule has 0 aliphatic heterocycles. The molecule has 0 saturated carbocycles. The Kier molecular flexibility index (Phi) is 4.96. The fourth-order valence-corrected chi connectivity index (χ4v) is 3.28. The van der Waals surface area contributed by atoms with Crippen LogP contribution >= 0.6 is 0 Å². The van der Waals surface area contributed by atoms with Crippen LogP contribution in [0.3, 0.4) is 0 Å². The summed E-state index contributed by atoms with van der Waals surface area (Å²) >= 11 is 0. The average Bonchev–Trinajstić information content (AvgIpc) is 3.05. The number of carbonyl (C=O) groups is 1. The summed E-state index contributed by atoms with van der Waals surface area (Å²) in [6.45, 7) is 3.48. The Labute approximate surface area is 159 Å². The minimum Gasteiger partial charge on any atom is -0.467 e. The molecule has 0 saturated heterocycles. The van der Waals surface area contributed by atoms with E-state index in [0.29, 0.717) is 11.4 Å². The highest BCUT2D eigenvalue weighted by molar-refractivity contribution is 7.90. The van der Waals surface area contributed by atoms with Crippen molar-refractivity contribution in [3.63, 3.8) is 0 Å². The number of aromatic nitrogens is 6. The van der Waals surface area contributed by atoms with Crippen molar-refractivity contribution in [1.82, 2.24) is 34.3 Å². The van der Waals surface area contributed by atoms with E-state index in [0.717, 1.165) is 6.20 Å². The van der Waals surface area contributed by atoms with Gasteiger partial charge in [-0.2, -0.15) is 15.1 Å². The smallest absolute Gasteiger partial charge is 0.335 e. The van der Waals surface area contributed by atoms with E-state index in [-0.39, 0.29) is 28.5 Å². The number of fused-ring (bicyclic) bond motifs is 1. The third kappa shape index (κ3) is 3.75. The van der Waals surface area contributed by atoms with Crippen molar-refractivity contribution in [1.29, 1.82) is 0 Å². The van der Waals surface area contributed by atoms with Crippen LogP contribution < -0.4 is 19.5 Å². The van der Waals surface area contributed by atoms with Gasteiger partial charge in [0, 0.05) is 11.4 Å². The molecule has 0 radical (unpaired) electrons. The summed E-state index contributed by atoms with van der Waals surface area (Å²) in [6.07, 6.45) is 1.11. The SMILES string of the molecule is COc1nc(NC(=O)NS(=O)(=O)c2cnn3c(C)cc(C)nc23)nc(OC)n1. The van der Waals surface area contributed by atoms with Crippen molar-refractivity contribution in [2.24, 2.45) is 0 Å². The Morgan fingerprint density at radius 2 is 1.71 bits per heavy atom. The zero-order valence-electron chi connectivity index (χ0n) is 15.3. The molecule has 2 amide bonds. The van der Waals surface area contributed by atoms with Crippen molar-refractivity contribution in [3.05, 3.63) is 23.7 Å². The number of urea groups is 1. The van der Waals surface area contributed by atoms with Crippen molar-refractivity contribution in [3.8, 4) is 12.0 Å². The molecule has 3 rings (SSSR count). The van der Waals surface area contributed by atoms with Crippen LogP contribution in [-0.4, -0.2) is 58.2 Å². The van der Waals surface area contributed by atoms with E-state index in [9.17, 15) is 13.2 Å². The van der Waals surface area contributed by atoms with Crippen molar-refractivity contribution >= 4 is 27.6 Å². The first kappa shape index (κ1) is 19.2. The average molecular weight is 408 g/mol. The molecular formula is C14H16N8O5S. The normalized spacial score (nSPS) is 11.3.